The summed E-state index contributed by atoms with van der Waals surface area (Å²) in [5.41, 5.74) is 0.803. The van der Waals surface area contributed by atoms with Crippen molar-refractivity contribution in [1.82, 2.24) is 20.5 Å². The van der Waals surface area contributed by atoms with Gasteiger partial charge in [0.05, 0.1) is 17.0 Å². The summed E-state index contributed by atoms with van der Waals surface area (Å²) in [6.07, 6.45) is 7.35. The highest BCUT2D eigenvalue weighted by molar-refractivity contribution is 14.0. The number of aliphatic imine (C=N–C) groups is 1. The third-order valence-electron chi connectivity index (χ3n) is 5.08. The maximum absolute atomic E-state index is 12.7. The van der Waals surface area contributed by atoms with E-state index in [-0.39, 0.29) is 35.3 Å². The average molecular weight is 522 g/mol. The summed E-state index contributed by atoms with van der Waals surface area (Å²) in [5.74, 6) is 1.04. The molecular formula is C20H36IN5OS. The van der Waals surface area contributed by atoms with E-state index in [9.17, 15) is 4.79 Å². The number of aryl methyl sites for hydroxylation is 2. The first-order chi connectivity index (χ1) is 13.0. The second-order valence-electron chi connectivity index (χ2n) is 7.65. The topological polar surface area (TPSA) is 69.6 Å². The molecule has 1 aliphatic carbocycles. The van der Waals surface area contributed by atoms with Gasteiger partial charge in [-0.3, -0.25) is 9.79 Å². The van der Waals surface area contributed by atoms with Crippen molar-refractivity contribution in [2.45, 2.75) is 58.8 Å². The molecule has 160 valence electrons. The molecule has 2 rings (SSSR count). The molecule has 0 saturated heterocycles. The Bertz CT molecular complexity index is 626. The molecule has 0 bridgehead atoms. The molecule has 1 aromatic rings. The Morgan fingerprint density at radius 2 is 2.00 bits per heavy atom. The van der Waals surface area contributed by atoms with E-state index in [4.69, 9.17) is 4.99 Å². The Balaban J connectivity index is 0.00000392. The van der Waals surface area contributed by atoms with Crippen LogP contribution < -0.4 is 10.6 Å². The van der Waals surface area contributed by atoms with Crippen LogP contribution in [0, 0.1) is 12.3 Å². The highest BCUT2D eigenvalue weighted by Crippen LogP contribution is 2.39. The van der Waals surface area contributed by atoms with Crippen LogP contribution in [0.15, 0.2) is 10.4 Å². The van der Waals surface area contributed by atoms with Crippen molar-refractivity contribution < 1.29 is 4.79 Å². The summed E-state index contributed by atoms with van der Waals surface area (Å²) < 4.78 is 0. The Kier molecular flexibility index (Phi) is 11.3. The van der Waals surface area contributed by atoms with Crippen molar-refractivity contribution in [3.05, 3.63) is 16.1 Å². The van der Waals surface area contributed by atoms with Crippen LogP contribution in [0.5, 0.6) is 0 Å². The zero-order chi connectivity index (χ0) is 19.7. The number of nitrogens with one attached hydrogen (secondary N) is 2. The van der Waals surface area contributed by atoms with Crippen molar-refractivity contribution in [3.8, 4) is 0 Å². The lowest BCUT2D eigenvalue weighted by molar-refractivity contribution is -0.138. The van der Waals surface area contributed by atoms with Crippen molar-refractivity contribution >= 4 is 47.2 Å². The smallest absolute Gasteiger partial charge is 0.230 e. The van der Waals surface area contributed by atoms with Gasteiger partial charge in [0.1, 0.15) is 0 Å². The number of guanidine groups is 1. The molecule has 1 heterocycles. The van der Waals surface area contributed by atoms with E-state index in [1.165, 1.54) is 5.01 Å². The van der Waals surface area contributed by atoms with Crippen LogP contribution in [0.2, 0.25) is 0 Å². The molecule has 2 N–H and O–H groups in total. The molecular weight excluding hydrogens is 485 g/mol. The second-order valence-corrected chi connectivity index (χ2v) is 8.59. The van der Waals surface area contributed by atoms with Crippen LogP contribution in [0.25, 0.3) is 0 Å². The summed E-state index contributed by atoms with van der Waals surface area (Å²) >= 11 is 1.75. The molecule has 1 aromatic heterocycles. The van der Waals surface area contributed by atoms with E-state index >= 15 is 0 Å². The van der Waals surface area contributed by atoms with E-state index in [2.05, 4.69) is 27.9 Å². The van der Waals surface area contributed by atoms with Crippen LogP contribution in [-0.4, -0.2) is 55.5 Å². The molecule has 8 heteroatoms. The van der Waals surface area contributed by atoms with Crippen LogP contribution in [-0.2, 0) is 11.2 Å². The minimum Gasteiger partial charge on any atom is -0.357 e. The molecule has 0 radical (unpaired) electrons. The average Bonchev–Trinajstić information content (AvgIpc) is 3.28. The van der Waals surface area contributed by atoms with Crippen molar-refractivity contribution in [3.63, 3.8) is 0 Å². The van der Waals surface area contributed by atoms with Gasteiger partial charge in [0.25, 0.3) is 0 Å². The maximum Gasteiger partial charge on any atom is 0.230 e. The molecule has 0 unspecified atom stereocenters. The van der Waals surface area contributed by atoms with Gasteiger partial charge < -0.3 is 15.5 Å². The van der Waals surface area contributed by atoms with Gasteiger partial charge in [0, 0.05) is 38.3 Å². The van der Waals surface area contributed by atoms with Gasteiger partial charge in [-0.25, -0.2) is 4.98 Å². The van der Waals surface area contributed by atoms with Crippen LogP contribution in [0.3, 0.4) is 0 Å². The zero-order valence-corrected chi connectivity index (χ0v) is 20.9. The van der Waals surface area contributed by atoms with E-state index in [0.717, 1.165) is 69.7 Å². The van der Waals surface area contributed by atoms with E-state index in [1.807, 2.05) is 21.0 Å². The number of rotatable bonds is 9. The lowest BCUT2D eigenvalue weighted by Crippen LogP contribution is -2.43. The van der Waals surface area contributed by atoms with Crippen molar-refractivity contribution in [2.24, 2.45) is 10.4 Å². The van der Waals surface area contributed by atoms with Gasteiger partial charge in [-0.2, -0.15) is 0 Å². The Labute approximate surface area is 191 Å². The number of carbonyl (C=O) groups is 1. The number of nitrogens with zero attached hydrogens (tertiary/aromatic N) is 3. The lowest BCUT2D eigenvalue weighted by atomic mass is 9.85. The number of hydrogen-bond donors (Lipinski definition) is 2. The SMILES string of the molecule is CCNC(=NCC1(C(=O)N(C)C)CCCC1)NCCCCc1nc(C)cs1.I. The number of carbonyl (C=O) groups excluding carboxylic acids is 1. The summed E-state index contributed by atoms with van der Waals surface area (Å²) in [6, 6.07) is 0. The summed E-state index contributed by atoms with van der Waals surface area (Å²) in [7, 11) is 3.69. The minimum atomic E-state index is -0.311. The first-order valence-corrected chi connectivity index (χ1v) is 11.0. The van der Waals surface area contributed by atoms with Crippen molar-refractivity contribution in [1.29, 1.82) is 0 Å². The molecule has 28 heavy (non-hydrogen) atoms. The van der Waals surface area contributed by atoms with E-state index < -0.39 is 0 Å². The first-order valence-electron chi connectivity index (χ1n) is 10.1. The van der Waals surface area contributed by atoms with Crippen molar-refractivity contribution in [2.75, 3.05) is 33.7 Å². The van der Waals surface area contributed by atoms with Crippen LogP contribution >= 0.6 is 35.3 Å². The normalized spacial score (nSPS) is 15.8. The van der Waals surface area contributed by atoms with Gasteiger partial charge >= 0.3 is 0 Å². The highest BCUT2D eigenvalue weighted by Gasteiger charge is 2.41. The highest BCUT2D eigenvalue weighted by atomic mass is 127. The Hall–Kier alpha value is -0.900. The van der Waals surface area contributed by atoms with Gasteiger partial charge in [0.15, 0.2) is 5.96 Å². The molecule has 1 fully saturated rings. The van der Waals surface area contributed by atoms with Crippen LogP contribution in [0.1, 0.15) is 56.2 Å². The Morgan fingerprint density at radius 1 is 1.29 bits per heavy atom. The largest absolute Gasteiger partial charge is 0.357 e. The molecule has 0 aromatic carbocycles. The number of halogens is 1. The number of aromatic nitrogens is 1. The molecule has 1 aliphatic rings. The fourth-order valence-electron chi connectivity index (χ4n) is 3.66. The van der Waals surface area contributed by atoms with Crippen LogP contribution in [0.4, 0.5) is 0 Å². The second kappa shape index (κ2) is 12.6. The fourth-order valence-corrected chi connectivity index (χ4v) is 4.48. The van der Waals surface area contributed by atoms with Gasteiger partial charge in [-0.1, -0.05) is 12.8 Å². The standard InChI is InChI=1S/C20H35N5OS.HI/c1-5-21-19(22-13-9-6-10-17-24-16(2)14-27-17)23-15-20(11-7-8-12-20)18(26)25(3)4;/h14H,5-13,15H2,1-4H3,(H2,21,22,23);1H. The molecule has 0 atom stereocenters. The molecule has 1 saturated carbocycles. The molecule has 0 spiro atoms. The zero-order valence-electron chi connectivity index (χ0n) is 17.7. The Morgan fingerprint density at radius 3 is 2.57 bits per heavy atom. The third-order valence-corrected chi connectivity index (χ3v) is 6.11. The summed E-state index contributed by atoms with van der Waals surface area (Å²) in [5, 5.41) is 10.1. The quantitative estimate of drug-likeness (QED) is 0.226. The first kappa shape index (κ1) is 25.1. The lowest BCUT2D eigenvalue weighted by Gasteiger charge is -2.29. The van der Waals surface area contributed by atoms with Gasteiger partial charge in [-0.05, 0) is 46.0 Å². The summed E-state index contributed by atoms with van der Waals surface area (Å²) in [4.78, 5) is 23.7. The van der Waals surface area contributed by atoms with Gasteiger partial charge in [0.2, 0.25) is 5.91 Å². The molecule has 1 amide bonds. The molecule has 6 nitrogen and oxygen atoms in total. The van der Waals surface area contributed by atoms with Gasteiger partial charge in [-0.15, -0.1) is 35.3 Å². The third kappa shape index (κ3) is 7.50. The number of hydrogen-bond acceptors (Lipinski definition) is 4. The number of thiazole rings is 1. The number of amides is 1. The minimum absolute atomic E-state index is 0. The fraction of sp³-hybridized carbons (Fsp3) is 0.750. The molecule has 0 aliphatic heterocycles. The maximum atomic E-state index is 12.7. The monoisotopic (exact) mass is 521 g/mol. The predicted octanol–water partition coefficient (Wildman–Crippen LogP) is 3.60. The summed E-state index contributed by atoms with van der Waals surface area (Å²) in [6.45, 7) is 6.37. The predicted molar refractivity (Wildman–Crippen MR) is 129 cm³/mol. The number of unbranched alkanes of at least 4 members (excludes halogenated alkanes) is 1. The van der Waals surface area contributed by atoms with E-state index in [0.29, 0.717) is 6.54 Å². The van der Waals surface area contributed by atoms with E-state index in [1.54, 1.807) is 16.2 Å².